The molecule has 2 amide bonds. The molecule has 0 bridgehead atoms. The SMILES string of the molecule is Cc1ccc2c(C)cc(N3CCC(N4CCNC4=O)CC3)nc2c1C. The molecular formula is C20H26N4O. The number of benzene rings is 1. The van der Waals surface area contributed by atoms with Crippen LogP contribution in [0.15, 0.2) is 18.2 Å². The molecule has 3 heterocycles. The van der Waals surface area contributed by atoms with E-state index in [0.717, 1.165) is 50.4 Å². The van der Waals surface area contributed by atoms with Gasteiger partial charge >= 0.3 is 6.03 Å². The second kappa shape index (κ2) is 6.21. The van der Waals surface area contributed by atoms with E-state index in [-0.39, 0.29) is 6.03 Å². The lowest BCUT2D eigenvalue weighted by Crippen LogP contribution is -2.46. The molecule has 2 aliphatic rings. The smallest absolute Gasteiger partial charge is 0.317 e. The van der Waals surface area contributed by atoms with Gasteiger partial charge in [0.15, 0.2) is 0 Å². The fourth-order valence-corrected chi connectivity index (χ4v) is 4.08. The molecule has 0 saturated carbocycles. The van der Waals surface area contributed by atoms with Crippen LogP contribution < -0.4 is 10.2 Å². The Kier molecular flexibility index (Phi) is 4.02. The summed E-state index contributed by atoms with van der Waals surface area (Å²) in [5, 5.41) is 4.16. The number of carbonyl (C=O) groups excluding carboxylic acids is 1. The van der Waals surface area contributed by atoms with E-state index < -0.39 is 0 Å². The van der Waals surface area contributed by atoms with Gasteiger partial charge in [-0.3, -0.25) is 0 Å². The second-order valence-electron chi connectivity index (χ2n) is 7.34. The number of hydrogen-bond acceptors (Lipinski definition) is 3. The fraction of sp³-hybridized carbons (Fsp3) is 0.500. The average Bonchev–Trinajstić information content (AvgIpc) is 3.04. The van der Waals surface area contributed by atoms with Gasteiger partial charge in [0.25, 0.3) is 0 Å². The molecule has 2 aromatic rings. The maximum absolute atomic E-state index is 11.9. The molecule has 2 aliphatic heterocycles. The second-order valence-corrected chi connectivity index (χ2v) is 7.34. The van der Waals surface area contributed by atoms with Crippen LogP contribution in [-0.2, 0) is 0 Å². The van der Waals surface area contributed by atoms with Crippen molar-refractivity contribution in [1.29, 1.82) is 0 Å². The van der Waals surface area contributed by atoms with Gasteiger partial charge in [0.2, 0.25) is 0 Å². The summed E-state index contributed by atoms with van der Waals surface area (Å²) in [5.41, 5.74) is 4.96. The number of amides is 2. The zero-order valence-electron chi connectivity index (χ0n) is 15.3. The molecule has 2 fully saturated rings. The molecule has 2 saturated heterocycles. The number of anilines is 1. The molecule has 1 aromatic heterocycles. The normalized spacial score (nSPS) is 18.9. The predicted molar refractivity (Wildman–Crippen MR) is 101 cm³/mol. The first kappa shape index (κ1) is 16.2. The van der Waals surface area contributed by atoms with Crippen molar-refractivity contribution in [2.75, 3.05) is 31.1 Å². The monoisotopic (exact) mass is 338 g/mol. The van der Waals surface area contributed by atoms with Crippen LogP contribution in [0.2, 0.25) is 0 Å². The zero-order chi connectivity index (χ0) is 17.6. The van der Waals surface area contributed by atoms with E-state index in [1.807, 2.05) is 4.90 Å². The molecule has 4 rings (SSSR count). The first-order chi connectivity index (χ1) is 12.0. The van der Waals surface area contributed by atoms with Crippen LogP contribution in [0.3, 0.4) is 0 Å². The standard InChI is InChI=1S/C20H26N4O/c1-13-4-5-17-14(2)12-18(22-19(17)15(13)3)23-9-6-16(7-10-23)24-11-8-21-20(24)25/h4-5,12,16H,6-11H2,1-3H3,(H,21,25). The summed E-state index contributed by atoms with van der Waals surface area (Å²) in [6.07, 6.45) is 2.03. The lowest BCUT2D eigenvalue weighted by atomic mass is 10.0. The van der Waals surface area contributed by atoms with Gasteiger partial charge in [-0.25, -0.2) is 9.78 Å². The van der Waals surface area contributed by atoms with Crippen LogP contribution in [0.4, 0.5) is 10.6 Å². The van der Waals surface area contributed by atoms with Gasteiger partial charge in [0.05, 0.1) is 5.52 Å². The number of urea groups is 1. The van der Waals surface area contributed by atoms with Crippen molar-refractivity contribution in [3.05, 3.63) is 34.9 Å². The van der Waals surface area contributed by atoms with E-state index >= 15 is 0 Å². The summed E-state index contributed by atoms with van der Waals surface area (Å²) in [6.45, 7) is 10.0. The minimum Gasteiger partial charge on any atom is -0.356 e. The summed E-state index contributed by atoms with van der Waals surface area (Å²) in [4.78, 5) is 21.2. The van der Waals surface area contributed by atoms with E-state index in [0.29, 0.717) is 6.04 Å². The highest BCUT2D eigenvalue weighted by molar-refractivity contribution is 5.87. The number of aryl methyl sites for hydroxylation is 3. The molecule has 1 aromatic carbocycles. The number of nitrogens with zero attached hydrogens (tertiary/aromatic N) is 3. The maximum atomic E-state index is 11.9. The molecule has 0 atom stereocenters. The van der Waals surface area contributed by atoms with Crippen molar-refractivity contribution >= 4 is 22.8 Å². The Balaban J connectivity index is 1.57. The topological polar surface area (TPSA) is 48.5 Å². The Hall–Kier alpha value is -2.30. The molecule has 0 spiro atoms. The molecule has 5 nitrogen and oxygen atoms in total. The number of hydrogen-bond donors (Lipinski definition) is 1. The van der Waals surface area contributed by atoms with Gasteiger partial charge in [0.1, 0.15) is 5.82 Å². The van der Waals surface area contributed by atoms with Crippen LogP contribution in [0.1, 0.15) is 29.5 Å². The van der Waals surface area contributed by atoms with Crippen LogP contribution in [0.25, 0.3) is 10.9 Å². The van der Waals surface area contributed by atoms with Crippen molar-refractivity contribution < 1.29 is 4.79 Å². The molecule has 0 unspecified atom stereocenters. The average molecular weight is 338 g/mol. The summed E-state index contributed by atoms with van der Waals surface area (Å²) in [7, 11) is 0. The van der Waals surface area contributed by atoms with Crippen LogP contribution in [0.5, 0.6) is 0 Å². The lowest BCUT2D eigenvalue weighted by molar-refractivity contribution is 0.186. The molecule has 1 N–H and O–H groups in total. The van der Waals surface area contributed by atoms with E-state index in [1.54, 1.807) is 0 Å². The quantitative estimate of drug-likeness (QED) is 0.915. The molecule has 0 aliphatic carbocycles. The molecule has 0 radical (unpaired) electrons. The molecule has 132 valence electrons. The van der Waals surface area contributed by atoms with Gasteiger partial charge in [-0.05, 0) is 56.4 Å². The number of nitrogens with one attached hydrogen (secondary N) is 1. The van der Waals surface area contributed by atoms with Crippen molar-refractivity contribution in [2.45, 2.75) is 39.7 Å². The predicted octanol–water partition coefficient (Wildman–Crippen LogP) is 3.15. The highest BCUT2D eigenvalue weighted by atomic mass is 16.2. The van der Waals surface area contributed by atoms with Gasteiger partial charge in [0, 0.05) is 37.6 Å². The highest BCUT2D eigenvalue weighted by Crippen LogP contribution is 2.28. The van der Waals surface area contributed by atoms with E-state index in [2.05, 4.69) is 49.2 Å². The van der Waals surface area contributed by atoms with Gasteiger partial charge in [-0.15, -0.1) is 0 Å². The largest absolute Gasteiger partial charge is 0.356 e. The number of fused-ring (bicyclic) bond motifs is 1. The summed E-state index contributed by atoms with van der Waals surface area (Å²) in [5.74, 6) is 1.07. The molecular weight excluding hydrogens is 312 g/mol. The van der Waals surface area contributed by atoms with Crippen LogP contribution >= 0.6 is 0 Å². The first-order valence-electron chi connectivity index (χ1n) is 9.21. The third kappa shape index (κ3) is 2.81. The summed E-state index contributed by atoms with van der Waals surface area (Å²) >= 11 is 0. The zero-order valence-corrected chi connectivity index (χ0v) is 15.3. The third-order valence-corrected chi connectivity index (χ3v) is 5.82. The number of rotatable bonds is 2. The van der Waals surface area contributed by atoms with Crippen LogP contribution in [0, 0.1) is 20.8 Å². The van der Waals surface area contributed by atoms with E-state index in [9.17, 15) is 4.79 Å². The maximum Gasteiger partial charge on any atom is 0.317 e. The molecule has 5 heteroatoms. The number of piperidine rings is 1. The minimum absolute atomic E-state index is 0.101. The minimum atomic E-state index is 0.101. The van der Waals surface area contributed by atoms with Gasteiger partial charge in [-0.1, -0.05) is 12.1 Å². The first-order valence-corrected chi connectivity index (χ1v) is 9.21. The summed E-state index contributed by atoms with van der Waals surface area (Å²) < 4.78 is 0. The third-order valence-electron chi connectivity index (χ3n) is 5.82. The molecule has 25 heavy (non-hydrogen) atoms. The Morgan fingerprint density at radius 1 is 1.08 bits per heavy atom. The van der Waals surface area contributed by atoms with Crippen LogP contribution in [-0.4, -0.2) is 48.1 Å². The number of pyridine rings is 1. The summed E-state index contributed by atoms with van der Waals surface area (Å²) in [6, 6.07) is 7.04. The van der Waals surface area contributed by atoms with Gasteiger partial charge in [-0.2, -0.15) is 0 Å². The van der Waals surface area contributed by atoms with E-state index in [1.165, 1.54) is 22.1 Å². The fourth-order valence-electron chi connectivity index (χ4n) is 4.08. The Morgan fingerprint density at radius 3 is 2.52 bits per heavy atom. The van der Waals surface area contributed by atoms with Crippen molar-refractivity contribution in [3.63, 3.8) is 0 Å². The highest BCUT2D eigenvalue weighted by Gasteiger charge is 2.31. The lowest BCUT2D eigenvalue weighted by Gasteiger charge is -2.37. The Bertz CT molecular complexity index is 824. The van der Waals surface area contributed by atoms with E-state index in [4.69, 9.17) is 4.98 Å². The van der Waals surface area contributed by atoms with Crippen molar-refractivity contribution in [3.8, 4) is 0 Å². The van der Waals surface area contributed by atoms with Crippen molar-refractivity contribution in [1.82, 2.24) is 15.2 Å². The number of carbonyl (C=O) groups is 1. The number of aromatic nitrogens is 1. The Labute approximate surface area is 149 Å². The van der Waals surface area contributed by atoms with Crippen molar-refractivity contribution in [2.24, 2.45) is 0 Å². The van der Waals surface area contributed by atoms with Gasteiger partial charge < -0.3 is 15.1 Å². The Morgan fingerprint density at radius 2 is 1.84 bits per heavy atom.